The molecular weight excluding hydrogens is 318 g/mol. The molecule has 1 amide bonds. The van der Waals surface area contributed by atoms with Crippen LogP contribution in [0, 0.1) is 6.92 Å². The van der Waals surface area contributed by atoms with Gasteiger partial charge in [-0.25, -0.2) is 0 Å². The quantitative estimate of drug-likeness (QED) is 0.916. The second-order valence-electron chi connectivity index (χ2n) is 6.05. The van der Waals surface area contributed by atoms with Crippen LogP contribution in [0.25, 0.3) is 0 Å². The van der Waals surface area contributed by atoms with E-state index in [1.54, 1.807) is 0 Å². The molecule has 2 aliphatic heterocycles. The van der Waals surface area contributed by atoms with Gasteiger partial charge in [0.1, 0.15) is 5.75 Å². The van der Waals surface area contributed by atoms with Crippen LogP contribution in [0.4, 0.5) is 0 Å². The SMILES string of the molecule is CCOc1c(C2(C)OCCO2)cc(Cl)c(C)c1C1CNC(=O)C1. The molecule has 0 bridgehead atoms. The number of benzene rings is 1. The molecule has 1 N–H and O–H groups in total. The van der Waals surface area contributed by atoms with Gasteiger partial charge in [-0.2, -0.15) is 0 Å². The Hall–Kier alpha value is -1.30. The van der Waals surface area contributed by atoms with Gasteiger partial charge in [0.05, 0.1) is 25.4 Å². The van der Waals surface area contributed by atoms with Crippen LogP contribution in [-0.4, -0.2) is 32.3 Å². The van der Waals surface area contributed by atoms with E-state index in [9.17, 15) is 4.79 Å². The average Bonchev–Trinajstić information content (AvgIpc) is 3.13. The highest BCUT2D eigenvalue weighted by Gasteiger charge is 2.39. The van der Waals surface area contributed by atoms with Gasteiger partial charge in [0.2, 0.25) is 5.91 Å². The van der Waals surface area contributed by atoms with Crippen LogP contribution in [-0.2, 0) is 20.1 Å². The highest BCUT2D eigenvalue weighted by molar-refractivity contribution is 6.31. The first-order valence-corrected chi connectivity index (χ1v) is 8.35. The molecule has 1 aromatic rings. The van der Waals surface area contributed by atoms with E-state index in [0.29, 0.717) is 37.8 Å². The smallest absolute Gasteiger partial charge is 0.220 e. The Kier molecular flexibility index (Phi) is 4.54. The maximum atomic E-state index is 11.7. The first-order valence-electron chi connectivity index (χ1n) is 7.97. The zero-order valence-electron chi connectivity index (χ0n) is 13.7. The van der Waals surface area contributed by atoms with Crippen molar-refractivity contribution in [2.24, 2.45) is 0 Å². The molecule has 6 heteroatoms. The molecule has 1 aromatic carbocycles. The molecule has 0 saturated carbocycles. The fourth-order valence-electron chi connectivity index (χ4n) is 3.35. The lowest BCUT2D eigenvalue weighted by Gasteiger charge is -2.29. The van der Waals surface area contributed by atoms with Crippen LogP contribution in [0.2, 0.25) is 5.02 Å². The third-order valence-corrected chi connectivity index (χ3v) is 4.92. The van der Waals surface area contributed by atoms with Crippen LogP contribution in [0.1, 0.15) is 42.9 Å². The van der Waals surface area contributed by atoms with Gasteiger partial charge in [-0.15, -0.1) is 0 Å². The standard InChI is InChI=1S/C17H22ClNO4/c1-4-21-16-12(17(3)22-5-6-23-17)8-13(18)10(2)15(16)11-7-14(20)19-9-11/h8,11H,4-7,9H2,1-3H3,(H,19,20). The summed E-state index contributed by atoms with van der Waals surface area (Å²) in [7, 11) is 0. The fourth-order valence-corrected chi connectivity index (χ4v) is 3.56. The summed E-state index contributed by atoms with van der Waals surface area (Å²) in [6, 6.07) is 1.86. The molecule has 3 rings (SSSR count). The van der Waals surface area contributed by atoms with Gasteiger partial charge < -0.3 is 19.5 Å². The summed E-state index contributed by atoms with van der Waals surface area (Å²) >= 11 is 6.47. The average molecular weight is 340 g/mol. The van der Waals surface area contributed by atoms with Gasteiger partial charge >= 0.3 is 0 Å². The van der Waals surface area contributed by atoms with E-state index in [1.807, 2.05) is 26.8 Å². The third-order valence-electron chi connectivity index (χ3n) is 4.52. The summed E-state index contributed by atoms with van der Waals surface area (Å²) in [5, 5.41) is 3.52. The van der Waals surface area contributed by atoms with Crippen molar-refractivity contribution in [3.63, 3.8) is 0 Å². The van der Waals surface area contributed by atoms with Gasteiger partial charge in [-0.05, 0) is 32.4 Å². The molecule has 1 atom stereocenters. The second-order valence-corrected chi connectivity index (χ2v) is 6.46. The molecule has 5 nitrogen and oxygen atoms in total. The van der Waals surface area contributed by atoms with Crippen molar-refractivity contribution in [2.75, 3.05) is 26.4 Å². The Morgan fingerprint density at radius 3 is 2.70 bits per heavy atom. The number of nitrogens with one attached hydrogen (secondary N) is 1. The summed E-state index contributed by atoms with van der Waals surface area (Å²) < 4.78 is 17.6. The van der Waals surface area contributed by atoms with Crippen LogP contribution in [0.15, 0.2) is 6.07 Å². The molecule has 0 aromatic heterocycles. The Labute approximate surface area is 141 Å². The molecule has 1 unspecified atom stereocenters. The molecule has 23 heavy (non-hydrogen) atoms. The minimum absolute atomic E-state index is 0.0477. The molecule has 2 saturated heterocycles. The largest absolute Gasteiger partial charge is 0.493 e. The molecule has 2 heterocycles. The molecule has 2 fully saturated rings. The van der Waals surface area contributed by atoms with E-state index in [0.717, 1.165) is 22.4 Å². The summed E-state index contributed by atoms with van der Waals surface area (Å²) in [4.78, 5) is 11.7. The van der Waals surface area contributed by atoms with Crippen molar-refractivity contribution in [3.8, 4) is 5.75 Å². The van der Waals surface area contributed by atoms with E-state index in [2.05, 4.69) is 5.32 Å². The zero-order valence-corrected chi connectivity index (χ0v) is 14.5. The Balaban J connectivity index is 2.16. The minimum atomic E-state index is -0.868. The van der Waals surface area contributed by atoms with Gasteiger partial charge in [0.15, 0.2) is 5.79 Å². The topological polar surface area (TPSA) is 56.8 Å². The number of hydrogen-bond donors (Lipinski definition) is 1. The van der Waals surface area contributed by atoms with E-state index in [-0.39, 0.29) is 11.8 Å². The lowest BCUT2D eigenvalue weighted by molar-refractivity contribution is -0.150. The number of hydrogen-bond acceptors (Lipinski definition) is 4. The number of amides is 1. The monoisotopic (exact) mass is 339 g/mol. The van der Waals surface area contributed by atoms with Gasteiger partial charge in [0, 0.05) is 29.5 Å². The summed E-state index contributed by atoms with van der Waals surface area (Å²) in [5.74, 6) is -0.0307. The molecule has 0 aliphatic carbocycles. The maximum Gasteiger partial charge on any atom is 0.220 e. The Morgan fingerprint density at radius 1 is 1.43 bits per heavy atom. The van der Waals surface area contributed by atoms with E-state index in [4.69, 9.17) is 25.8 Å². The number of carbonyl (C=O) groups excluding carboxylic acids is 1. The number of rotatable bonds is 4. The van der Waals surface area contributed by atoms with Crippen molar-refractivity contribution in [3.05, 3.63) is 27.8 Å². The Bertz CT molecular complexity index is 626. The predicted octanol–water partition coefficient (Wildman–Crippen LogP) is 2.87. The minimum Gasteiger partial charge on any atom is -0.493 e. The van der Waals surface area contributed by atoms with Gasteiger partial charge in [0.25, 0.3) is 0 Å². The summed E-state index contributed by atoms with van der Waals surface area (Å²) in [6.07, 6.45) is 0.444. The van der Waals surface area contributed by atoms with Crippen molar-refractivity contribution in [2.45, 2.75) is 38.9 Å². The van der Waals surface area contributed by atoms with Crippen LogP contribution in [0.5, 0.6) is 5.75 Å². The fraction of sp³-hybridized carbons (Fsp3) is 0.588. The maximum absolute atomic E-state index is 11.7. The number of ether oxygens (including phenoxy) is 3. The van der Waals surface area contributed by atoms with E-state index in [1.165, 1.54) is 0 Å². The molecule has 2 aliphatic rings. The van der Waals surface area contributed by atoms with Gasteiger partial charge in [-0.3, -0.25) is 4.79 Å². The lowest BCUT2D eigenvalue weighted by atomic mass is 9.89. The van der Waals surface area contributed by atoms with Gasteiger partial charge in [-0.1, -0.05) is 11.6 Å². The van der Waals surface area contributed by atoms with E-state index < -0.39 is 5.79 Å². The number of halogens is 1. The predicted molar refractivity (Wildman–Crippen MR) is 87.0 cm³/mol. The molecule has 126 valence electrons. The third kappa shape index (κ3) is 2.93. The molecule has 0 radical (unpaired) electrons. The molecule has 0 spiro atoms. The highest BCUT2D eigenvalue weighted by Crippen LogP contribution is 2.46. The van der Waals surface area contributed by atoms with Crippen LogP contribution < -0.4 is 10.1 Å². The highest BCUT2D eigenvalue weighted by atomic mass is 35.5. The first kappa shape index (κ1) is 16.6. The lowest BCUT2D eigenvalue weighted by Crippen LogP contribution is -2.25. The van der Waals surface area contributed by atoms with Crippen molar-refractivity contribution in [1.29, 1.82) is 0 Å². The number of carbonyl (C=O) groups is 1. The van der Waals surface area contributed by atoms with Crippen molar-refractivity contribution in [1.82, 2.24) is 5.32 Å². The van der Waals surface area contributed by atoms with Crippen LogP contribution >= 0.6 is 11.6 Å². The molecular formula is C17H22ClNO4. The first-order chi connectivity index (χ1) is 11.0. The van der Waals surface area contributed by atoms with Crippen molar-refractivity contribution >= 4 is 17.5 Å². The normalized spacial score (nSPS) is 23.1. The summed E-state index contributed by atoms with van der Waals surface area (Å²) in [5.41, 5.74) is 2.72. The summed E-state index contributed by atoms with van der Waals surface area (Å²) in [6.45, 7) is 7.97. The Morgan fingerprint density at radius 2 is 2.13 bits per heavy atom. The van der Waals surface area contributed by atoms with Crippen molar-refractivity contribution < 1.29 is 19.0 Å². The second kappa shape index (κ2) is 6.30. The van der Waals surface area contributed by atoms with Crippen LogP contribution in [0.3, 0.4) is 0 Å². The van der Waals surface area contributed by atoms with E-state index >= 15 is 0 Å². The zero-order chi connectivity index (χ0) is 16.6.